The fourth-order valence-electron chi connectivity index (χ4n) is 1.66. The smallest absolute Gasteiger partial charge is 0.0719 e. The molecule has 4 heteroatoms. The van der Waals surface area contributed by atoms with E-state index in [1.165, 1.54) is 19.8 Å². The lowest BCUT2D eigenvalue weighted by Crippen LogP contribution is -1.90. The number of rotatable bonds is 3. The molecule has 1 atom stereocenters. The molecule has 0 amide bonds. The second-order valence-electron chi connectivity index (χ2n) is 3.60. The van der Waals surface area contributed by atoms with E-state index in [9.17, 15) is 0 Å². The maximum atomic E-state index is 6.45. The van der Waals surface area contributed by atoms with Crippen molar-refractivity contribution in [3.63, 3.8) is 0 Å². The summed E-state index contributed by atoms with van der Waals surface area (Å²) in [4.78, 5) is 1.29. The molecular weight excluding hydrogens is 276 g/mol. The first kappa shape index (κ1) is 10.8. The summed E-state index contributed by atoms with van der Waals surface area (Å²) in [5.74, 6) is 0. The highest BCUT2D eigenvalue weighted by atomic mass is 35.5. The van der Waals surface area contributed by atoms with Gasteiger partial charge in [-0.15, -0.1) is 34.3 Å². The van der Waals surface area contributed by atoms with E-state index >= 15 is 0 Å². The van der Waals surface area contributed by atoms with Crippen LogP contribution in [0, 0.1) is 0 Å². The monoisotopic (exact) mass is 284 g/mol. The number of halogens is 1. The average Bonchev–Trinajstić information content (AvgIpc) is 2.91. The van der Waals surface area contributed by atoms with Gasteiger partial charge in [-0.2, -0.15) is 11.3 Å². The van der Waals surface area contributed by atoms with Gasteiger partial charge in [0.25, 0.3) is 0 Å². The zero-order valence-electron chi connectivity index (χ0n) is 8.35. The van der Waals surface area contributed by atoms with Gasteiger partial charge >= 0.3 is 0 Å². The molecule has 3 heterocycles. The van der Waals surface area contributed by atoms with Crippen LogP contribution in [0.2, 0.25) is 0 Å². The fraction of sp³-hybridized carbons (Fsp3) is 0.167. The molecule has 3 rings (SSSR count). The predicted octanol–water partition coefficient (Wildman–Crippen LogP) is 5.55. The zero-order valence-corrected chi connectivity index (χ0v) is 11.6. The predicted molar refractivity (Wildman–Crippen MR) is 76.3 cm³/mol. The standard InChI is InChI=1S/C12H9ClS3/c13-9(5-8-1-3-14-7-8)11-6-12-10(16-11)2-4-15-12/h1-4,6-7,9H,5H2. The molecule has 16 heavy (non-hydrogen) atoms. The van der Waals surface area contributed by atoms with Crippen molar-refractivity contribution >= 4 is 55.0 Å². The van der Waals surface area contributed by atoms with Gasteiger partial charge in [0.1, 0.15) is 0 Å². The van der Waals surface area contributed by atoms with Gasteiger partial charge in [0, 0.05) is 14.3 Å². The molecule has 0 nitrogen and oxygen atoms in total. The average molecular weight is 285 g/mol. The van der Waals surface area contributed by atoms with Crippen LogP contribution in [0.1, 0.15) is 15.8 Å². The summed E-state index contributed by atoms with van der Waals surface area (Å²) in [6.07, 6.45) is 0.929. The molecule has 0 aliphatic rings. The highest BCUT2D eigenvalue weighted by Gasteiger charge is 2.13. The van der Waals surface area contributed by atoms with Gasteiger partial charge in [-0.25, -0.2) is 0 Å². The summed E-state index contributed by atoms with van der Waals surface area (Å²) in [7, 11) is 0. The fourth-order valence-corrected chi connectivity index (χ4v) is 4.81. The van der Waals surface area contributed by atoms with Gasteiger partial charge < -0.3 is 0 Å². The summed E-state index contributed by atoms with van der Waals surface area (Å²) < 4.78 is 2.71. The van der Waals surface area contributed by atoms with E-state index in [0.717, 1.165) is 6.42 Å². The second kappa shape index (κ2) is 4.49. The van der Waals surface area contributed by atoms with Crippen molar-refractivity contribution < 1.29 is 0 Å². The summed E-state index contributed by atoms with van der Waals surface area (Å²) >= 11 is 11.8. The van der Waals surface area contributed by atoms with Crippen molar-refractivity contribution in [3.8, 4) is 0 Å². The van der Waals surface area contributed by atoms with Gasteiger partial charge in [-0.05, 0) is 46.3 Å². The molecule has 0 N–H and O–H groups in total. The number of hydrogen-bond donors (Lipinski definition) is 0. The Morgan fingerprint density at radius 2 is 2.12 bits per heavy atom. The Kier molecular flexibility index (Phi) is 3.03. The molecule has 0 saturated carbocycles. The number of alkyl halides is 1. The van der Waals surface area contributed by atoms with Gasteiger partial charge in [0.05, 0.1) is 5.38 Å². The number of fused-ring (bicyclic) bond motifs is 1. The third-order valence-electron chi connectivity index (χ3n) is 2.46. The first-order chi connectivity index (χ1) is 7.83. The summed E-state index contributed by atoms with van der Waals surface area (Å²) in [6, 6.07) is 6.55. The van der Waals surface area contributed by atoms with Crippen molar-refractivity contribution in [3.05, 3.63) is 44.8 Å². The molecule has 82 valence electrons. The van der Waals surface area contributed by atoms with Crippen LogP contribution in [0.3, 0.4) is 0 Å². The number of thiophene rings is 3. The first-order valence-corrected chi connectivity index (χ1v) is 8.02. The highest BCUT2D eigenvalue weighted by Crippen LogP contribution is 2.37. The molecule has 3 aromatic heterocycles. The molecule has 0 aromatic carbocycles. The lowest BCUT2D eigenvalue weighted by molar-refractivity contribution is 0.946. The van der Waals surface area contributed by atoms with E-state index in [1.54, 1.807) is 22.7 Å². The molecule has 0 aliphatic carbocycles. The van der Waals surface area contributed by atoms with Crippen LogP contribution in [0.15, 0.2) is 34.3 Å². The summed E-state index contributed by atoms with van der Waals surface area (Å²) in [6.45, 7) is 0. The Morgan fingerprint density at radius 3 is 2.88 bits per heavy atom. The van der Waals surface area contributed by atoms with Crippen molar-refractivity contribution in [2.24, 2.45) is 0 Å². The van der Waals surface area contributed by atoms with Crippen LogP contribution in [-0.4, -0.2) is 0 Å². The lowest BCUT2D eigenvalue weighted by Gasteiger charge is -2.04. The molecule has 3 aromatic rings. The van der Waals surface area contributed by atoms with Crippen LogP contribution in [0.5, 0.6) is 0 Å². The van der Waals surface area contributed by atoms with Crippen molar-refractivity contribution in [1.82, 2.24) is 0 Å². The van der Waals surface area contributed by atoms with Gasteiger partial charge in [-0.3, -0.25) is 0 Å². The SMILES string of the molecule is ClC(Cc1ccsc1)c1cc2sccc2s1. The quantitative estimate of drug-likeness (QED) is 0.553. The van der Waals surface area contributed by atoms with Crippen LogP contribution in [-0.2, 0) is 6.42 Å². The van der Waals surface area contributed by atoms with Crippen LogP contribution in [0.25, 0.3) is 9.40 Å². The minimum absolute atomic E-state index is 0.110. The van der Waals surface area contributed by atoms with Crippen molar-refractivity contribution in [2.75, 3.05) is 0 Å². The van der Waals surface area contributed by atoms with Gasteiger partial charge in [-0.1, -0.05) is 0 Å². The van der Waals surface area contributed by atoms with Gasteiger partial charge in [0.15, 0.2) is 0 Å². The molecule has 1 unspecified atom stereocenters. The highest BCUT2D eigenvalue weighted by molar-refractivity contribution is 7.27. The Morgan fingerprint density at radius 1 is 1.19 bits per heavy atom. The molecule has 0 saturated heterocycles. The summed E-state index contributed by atoms with van der Waals surface area (Å²) in [5.41, 5.74) is 1.33. The van der Waals surface area contributed by atoms with E-state index < -0.39 is 0 Å². The first-order valence-electron chi connectivity index (χ1n) is 4.95. The van der Waals surface area contributed by atoms with Crippen molar-refractivity contribution in [2.45, 2.75) is 11.8 Å². The lowest BCUT2D eigenvalue weighted by atomic mass is 10.1. The van der Waals surface area contributed by atoms with E-state index in [1.807, 2.05) is 11.3 Å². The molecule has 0 aliphatic heterocycles. The van der Waals surface area contributed by atoms with Crippen LogP contribution >= 0.6 is 45.6 Å². The summed E-state index contributed by atoms with van der Waals surface area (Å²) in [5, 5.41) is 6.52. The molecule has 0 fully saturated rings. The second-order valence-corrected chi connectivity index (χ2v) is 6.97. The van der Waals surface area contributed by atoms with E-state index in [-0.39, 0.29) is 5.38 Å². The third kappa shape index (κ3) is 2.05. The maximum absolute atomic E-state index is 6.45. The molecule has 0 radical (unpaired) electrons. The minimum atomic E-state index is 0.110. The molecular formula is C12H9ClS3. The third-order valence-corrected chi connectivity index (χ3v) is 5.92. The number of hydrogen-bond acceptors (Lipinski definition) is 3. The van der Waals surface area contributed by atoms with E-state index in [2.05, 4.69) is 34.3 Å². The molecule has 0 spiro atoms. The van der Waals surface area contributed by atoms with Crippen LogP contribution < -0.4 is 0 Å². The van der Waals surface area contributed by atoms with E-state index in [0.29, 0.717) is 0 Å². The Labute approximate surface area is 111 Å². The topological polar surface area (TPSA) is 0 Å². The normalized spacial score (nSPS) is 13.3. The van der Waals surface area contributed by atoms with Crippen molar-refractivity contribution in [1.29, 1.82) is 0 Å². The Bertz CT molecular complexity index is 548. The minimum Gasteiger partial charge on any atom is -0.152 e. The zero-order chi connectivity index (χ0) is 11.0. The van der Waals surface area contributed by atoms with Crippen LogP contribution in [0.4, 0.5) is 0 Å². The van der Waals surface area contributed by atoms with E-state index in [4.69, 9.17) is 11.6 Å². The molecule has 0 bridgehead atoms. The largest absolute Gasteiger partial charge is 0.152 e. The van der Waals surface area contributed by atoms with Gasteiger partial charge in [0.2, 0.25) is 0 Å². The Hall–Kier alpha value is -0.350. The Balaban J connectivity index is 1.84. The maximum Gasteiger partial charge on any atom is 0.0719 e.